The summed E-state index contributed by atoms with van der Waals surface area (Å²) in [6, 6.07) is 3.87. The fourth-order valence-corrected chi connectivity index (χ4v) is 2.15. The third kappa shape index (κ3) is 4.42. The molecule has 0 radical (unpaired) electrons. The highest BCUT2D eigenvalue weighted by Crippen LogP contribution is 2.20. The lowest BCUT2D eigenvalue weighted by atomic mass is 10.4. The zero-order valence-corrected chi connectivity index (χ0v) is 10.1. The molecule has 0 saturated heterocycles. The van der Waals surface area contributed by atoms with Crippen LogP contribution in [0.25, 0.3) is 0 Å². The molecule has 0 aliphatic rings. The van der Waals surface area contributed by atoms with Crippen LogP contribution in [0.2, 0.25) is 4.34 Å². The zero-order chi connectivity index (χ0) is 9.68. The van der Waals surface area contributed by atoms with Crippen LogP contribution in [0.5, 0.6) is 0 Å². The Kier molecular flexibility index (Phi) is 5.28. The standard InChI is InChI=1S/C8H11BrClNOS/c9-3-6(12)4-11-5-7-1-2-8(10)13-7/h1-2,6,11-12H,3-5H2. The van der Waals surface area contributed by atoms with Gasteiger partial charge in [0.1, 0.15) is 0 Å². The molecule has 0 fully saturated rings. The van der Waals surface area contributed by atoms with Gasteiger partial charge in [-0.2, -0.15) is 0 Å². The molecule has 0 amide bonds. The summed E-state index contributed by atoms with van der Waals surface area (Å²) < 4.78 is 0.804. The molecule has 0 spiro atoms. The van der Waals surface area contributed by atoms with Gasteiger partial charge in [0.05, 0.1) is 10.4 Å². The highest BCUT2D eigenvalue weighted by atomic mass is 79.9. The minimum atomic E-state index is -0.324. The topological polar surface area (TPSA) is 32.3 Å². The van der Waals surface area contributed by atoms with E-state index in [0.717, 1.165) is 10.9 Å². The number of halogens is 2. The van der Waals surface area contributed by atoms with Gasteiger partial charge in [-0.1, -0.05) is 27.5 Å². The summed E-state index contributed by atoms with van der Waals surface area (Å²) in [6.07, 6.45) is -0.324. The number of hydrogen-bond acceptors (Lipinski definition) is 3. The third-order valence-corrected chi connectivity index (χ3v) is 3.46. The molecule has 1 atom stereocenters. The quantitative estimate of drug-likeness (QED) is 0.813. The van der Waals surface area contributed by atoms with E-state index in [0.29, 0.717) is 11.9 Å². The van der Waals surface area contributed by atoms with Gasteiger partial charge in [0.2, 0.25) is 0 Å². The molecule has 1 aromatic rings. The molecule has 74 valence electrons. The Morgan fingerprint density at radius 3 is 2.92 bits per heavy atom. The Labute approximate surface area is 95.0 Å². The van der Waals surface area contributed by atoms with Crippen molar-refractivity contribution >= 4 is 38.9 Å². The molecule has 13 heavy (non-hydrogen) atoms. The van der Waals surface area contributed by atoms with Gasteiger partial charge in [-0.15, -0.1) is 11.3 Å². The summed E-state index contributed by atoms with van der Waals surface area (Å²) in [4.78, 5) is 1.19. The smallest absolute Gasteiger partial charge is 0.0931 e. The SMILES string of the molecule is OC(CBr)CNCc1ccc(Cl)s1. The number of rotatable bonds is 5. The molecule has 2 N–H and O–H groups in total. The maximum atomic E-state index is 9.21. The molecule has 0 aliphatic heterocycles. The Hall–Kier alpha value is 0.390. The van der Waals surface area contributed by atoms with Crippen LogP contribution in [0.4, 0.5) is 0 Å². The van der Waals surface area contributed by atoms with Crippen LogP contribution in [-0.2, 0) is 6.54 Å². The van der Waals surface area contributed by atoms with E-state index in [1.807, 2.05) is 12.1 Å². The maximum absolute atomic E-state index is 9.21. The van der Waals surface area contributed by atoms with E-state index in [9.17, 15) is 5.11 Å². The maximum Gasteiger partial charge on any atom is 0.0931 e. The zero-order valence-electron chi connectivity index (χ0n) is 6.96. The van der Waals surface area contributed by atoms with E-state index in [-0.39, 0.29) is 6.10 Å². The molecule has 1 unspecified atom stereocenters. The lowest BCUT2D eigenvalue weighted by molar-refractivity contribution is 0.197. The van der Waals surface area contributed by atoms with Gasteiger partial charge in [-0.3, -0.25) is 0 Å². The number of alkyl halides is 1. The van der Waals surface area contributed by atoms with E-state index >= 15 is 0 Å². The first kappa shape index (κ1) is 11.5. The Morgan fingerprint density at radius 1 is 1.62 bits per heavy atom. The lowest BCUT2D eigenvalue weighted by Crippen LogP contribution is -2.26. The highest BCUT2D eigenvalue weighted by Gasteiger charge is 2.01. The fraction of sp³-hybridized carbons (Fsp3) is 0.500. The van der Waals surface area contributed by atoms with Gasteiger partial charge in [-0.25, -0.2) is 0 Å². The highest BCUT2D eigenvalue weighted by molar-refractivity contribution is 9.09. The number of aliphatic hydroxyl groups excluding tert-OH is 1. The van der Waals surface area contributed by atoms with Crippen molar-refractivity contribution in [1.29, 1.82) is 0 Å². The van der Waals surface area contributed by atoms with Crippen molar-refractivity contribution in [2.75, 3.05) is 11.9 Å². The summed E-state index contributed by atoms with van der Waals surface area (Å²) in [5, 5.41) is 12.9. The predicted octanol–water partition coefficient (Wildman–Crippen LogP) is 2.25. The summed E-state index contributed by atoms with van der Waals surface area (Å²) >= 11 is 10.5. The summed E-state index contributed by atoms with van der Waals surface area (Å²) in [6.45, 7) is 1.36. The van der Waals surface area contributed by atoms with Gasteiger partial charge in [0.25, 0.3) is 0 Å². The monoisotopic (exact) mass is 283 g/mol. The first-order chi connectivity index (χ1) is 6.22. The summed E-state index contributed by atoms with van der Waals surface area (Å²) in [7, 11) is 0. The third-order valence-electron chi connectivity index (χ3n) is 1.49. The van der Waals surface area contributed by atoms with Crippen molar-refractivity contribution < 1.29 is 5.11 Å². The van der Waals surface area contributed by atoms with Gasteiger partial charge in [0, 0.05) is 23.3 Å². The second-order valence-corrected chi connectivity index (χ2v) is 5.09. The summed E-state index contributed by atoms with van der Waals surface area (Å²) in [5.41, 5.74) is 0. The minimum Gasteiger partial charge on any atom is -0.391 e. The van der Waals surface area contributed by atoms with Crippen LogP contribution >= 0.6 is 38.9 Å². The van der Waals surface area contributed by atoms with Crippen LogP contribution in [0, 0.1) is 0 Å². The molecule has 1 heterocycles. The van der Waals surface area contributed by atoms with Crippen LogP contribution in [0.1, 0.15) is 4.88 Å². The van der Waals surface area contributed by atoms with E-state index in [2.05, 4.69) is 21.2 Å². The minimum absolute atomic E-state index is 0.324. The average molecular weight is 285 g/mol. The first-order valence-electron chi connectivity index (χ1n) is 3.91. The number of thiophene rings is 1. The van der Waals surface area contributed by atoms with Crippen LogP contribution in [0.3, 0.4) is 0 Å². The van der Waals surface area contributed by atoms with Crippen molar-refractivity contribution in [2.24, 2.45) is 0 Å². The molecule has 0 saturated carbocycles. The van der Waals surface area contributed by atoms with Crippen LogP contribution < -0.4 is 5.32 Å². The van der Waals surface area contributed by atoms with E-state index in [4.69, 9.17) is 11.6 Å². The molecule has 1 rings (SSSR count). The lowest BCUT2D eigenvalue weighted by Gasteiger charge is -2.06. The van der Waals surface area contributed by atoms with Crippen molar-refractivity contribution in [2.45, 2.75) is 12.6 Å². The Bertz CT molecular complexity index is 256. The largest absolute Gasteiger partial charge is 0.391 e. The van der Waals surface area contributed by atoms with Gasteiger partial charge >= 0.3 is 0 Å². The van der Waals surface area contributed by atoms with Crippen LogP contribution in [0.15, 0.2) is 12.1 Å². The van der Waals surface area contributed by atoms with E-state index in [1.165, 1.54) is 4.88 Å². The fourth-order valence-electron chi connectivity index (χ4n) is 0.863. The van der Waals surface area contributed by atoms with Crippen molar-refractivity contribution in [3.8, 4) is 0 Å². The molecule has 1 aromatic heterocycles. The van der Waals surface area contributed by atoms with Crippen molar-refractivity contribution in [3.63, 3.8) is 0 Å². The van der Waals surface area contributed by atoms with Crippen molar-refractivity contribution in [3.05, 3.63) is 21.3 Å². The second kappa shape index (κ2) is 5.98. The molecular formula is C8H11BrClNOS. The van der Waals surface area contributed by atoms with Gasteiger partial charge in [-0.05, 0) is 12.1 Å². The number of hydrogen-bond donors (Lipinski definition) is 2. The molecule has 5 heteroatoms. The second-order valence-electron chi connectivity index (χ2n) is 2.64. The molecular weight excluding hydrogens is 274 g/mol. The molecule has 2 nitrogen and oxygen atoms in total. The Morgan fingerprint density at radius 2 is 2.38 bits per heavy atom. The number of nitrogens with one attached hydrogen (secondary N) is 1. The normalized spacial score (nSPS) is 13.2. The molecule has 0 aliphatic carbocycles. The average Bonchev–Trinajstić information content (AvgIpc) is 2.51. The van der Waals surface area contributed by atoms with E-state index < -0.39 is 0 Å². The first-order valence-corrected chi connectivity index (χ1v) is 6.23. The molecule has 0 bridgehead atoms. The van der Waals surface area contributed by atoms with Crippen molar-refractivity contribution in [1.82, 2.24) is 5.32 Å². The van der Waals surface area contributed by atoms with Gasteiger partial charge in [0.15, 0.2) is 0 Å². The Balaban J connectivity index is 2.20. The van der Waals surface area contributed by atoms with E-state index in [1.54, 1.807) is 11.3 Å². The van der Waals surface area contributed by atoms with Gasteiger partial charge < -0.3 is 10.4 Å². The predicted molar refractivity (Wildman–Crippen MR) is 60.8 cm³/mol. The van der Waals surface area contributed by atoms with Crippen LogP contribution in [-0.4, -0.2) is 23.1 Å². The summed E-state index contributed by atoms with van der Waals surface area (Å²) in [5.74, 6) is 0. The number of aliphatic hydroxyl groups is 1. The molecule has 0 aromatic carbocycles.